The van der Waals surface area contributed by atoms with Crippen molar-refractivity contribution in [3.63, 3.8) is 0 Å². The van der Waals surface area contributed by atoms with Crippen LogP contribution in [-0.4, -0.2) is 59.2 Å². The van der Waals surface area contributed by atoms with E-state index in [1.54, 1.807) is 17.7 Å². The van der Waals surface area contributed by atoms with Crippen LogP contribution < -0.4 is 10.2 Å². The number of carbonyl (C=O) groups is 1. The standard InChI is InChI=1S/C29H37N5O2S/c1-17-11-23(24(12-18(17)2)33-9-5-6-10-33)32-27-26-22-8-7-21(13-25(22)37-28(26)31-16-30-27)29(35)34-14-19(3)36-20(4)15-34/h11-12,16,19-21H,5-10,13-15H2,1-4H3,(H,30,31,32). The maximum absolute atomic E-state index is 13.4. The van der Waals surface area contributed by atoms with Crippen LogP contribution in [0.4, 0.5) is 17.2 Å². The van der Waals surface area contributed by atoms with Gasteiger partial charge in [0.1, 0.15) is 17.0 Å². The molecule has 0 spiro atoms. The Kier molecular flexibility index (Phi) is 6.57. The summed E-state index contributed by atoms with van der Waals surface area (Å²) in [6.45, 7) is 12.0. The smallest absolute Gasteiger partial charge is 0.226 e. The number of aryl methyl sites for hydroxylation is 3. The number of aromatic nitrogens is 2. The number of rotatable bonds is 4. The van der Waals surface area contributed by atoms with Crippen molar-refractivity contribution in [3.8, 4) is 0 Å². The Hall–Kier alpha value is -2.71. The molecule has 2 aromatic heterocycles. The molecule has 2 fully saturated rings. The first-order chi connectivity index (χ1) is 17.9. The van der Waals surface area contributed by atoms with Gasteiger partial charge in [0.05, 0.1) is 29.0 Å². The summed E-state index contributed by atoms with van der Waals surface area (Å²) in [5.74, 6) is 1.19. The molecule has 3 aliphatic rings. The number of hydrogen-bond acceptors (Lipinski definition) is 7. The highest BCUT2D eigenvalue weighted by atomic mass is 32.1. The summed E-state index contributed by atoms with van der Waals surface area (Å²) in [4.78, 5) is 29.6. The lowest BCUT2D eigenvalue weighted by Crippen LogP contribution is -2.50. The number of nitrogens with one attached hydrogen (secondary N) is 1. The predicted molar refractivity (Wildman–Crippen MR) is 150 cm³/mol. The summed E-state index contributed by atoms with van der Waals surface area (Å²) in [5, 5.41) is 4.85. The molecule has 0 bridgehead atoms. The zero-order valence-corrected chi connectivity index (χ0v) is 23.2. The van der Waals surface area contributed by atoms with Crippen molar-refractivity contribution in [1.29, 1.82) is 0 Å². The highest BCUT2D eigenvalue weighted by Gasteiger charge is 2.34. The van der Waals surface area contributed by atoms with Crippen LogP contribution in [-0.2, 0) is 22.4 Å². The van der Waals surface area contributed by atoms with Gasteiger partial charge >= 0.3 is 0 Å². The molecule has 3 aromatic rings. The molecule has 1 amide bonds. The normalized spacial score (nSPS) is 23.9. The van der Waals surface area contributed by atoms with Crippen LogP contribution in [0.25, 0.3) is 10.2 Å². The van der Waals surface area contributed by atoms with E-state index in [0.717, 1.165) is 54.1 Å². The topological polar surface area (TPSA) is 70.6 Å². The van der Waals surface area contributed by atoms with E-state index in [1.165, 1.54) is 40.1 Å². The van der Waals surface area contributed by atoms with E-state index in [-0.39, 0.29) is 24.0 Å². The van der Waals surface area contributed by atoms with E-state index in [0.29, 0.717) is 13.1 Å². The van der Waals surface area contributed by atoms with E-state index in [9.17, 15) is 4.79 Å². The molecule has 3 atom stereocenters. The fraction of sp³-hybridized carbons (Fsp3) is 0.552. The van der Waals surface area contributed by atoms with Crippen molar-refractivity contribution >= 4 is 44.7 Å². The maximum Gasteiger partial charge on any atom is 0.226 e. The summed E-state index contributed by atoms with van der Waals surface area (Å²) in [5.41, 5.74) is 6.28. The predicted octanol–water partition coefficient (Wildman–Crippen LogP) is 5.39. The molecule has 8 heteroatoms. The summed E-state index contributed by atoms with van der Waals surface area (Å²) in [6.07, 6.45) is 6.88. The number of benzene rings is 1. The van der Waals surface area contributed by atoms with Gasteiger partial charge in [0.25, 0.3) is 0 Å². The molecule has 196 valence electrons. The van der Waals surface area contributed by atoms with Gasteiger partial charge in [-0.2, -0.15) is 0 Å². The Bertz CT molecular complexity index is 1320. The summed E-state index contributed by atoms with van der Waals surface area (Å²) in [7, 11) is 0. The molecule has 1 aromatic carbocycles. The summed E-state index contributed by atoms with van der Waals surface area (Å²) in [6, 6.07) is 4.57. The molecule has 7 nitrogen and oxygen atoms in total. The third kappa shape index (κ3) is 4.70. The van der Waals surface area contributed by atoms with Gasteiger partial charge < -0.3 is 19.9 Å². The minimum atomic E-state index is 0.0314. The second-order valence-corrected chi connectivity index (χ2v) is 12.2. The van der Waals surface area contributed by atoms with E-state index in [1.807, 2.05) is 4.90 Å². The molecule has 6 rings (SSSR count). The Labute approximate surface area is 223 Å². The quantitative estimate of drug-likeness (QED) is 0.498. The van der Waals surface area contributed by atoms with Crippen molar-refractivity contribution in [2.45, 2.75) is 72.0 Å². The second kappa shape index (κ2) is 9.87. The van der Waals surface area contributed by atoms with Crippen LogP contribution in [0.2, 0.25) is 0 Å². The minimum absolute atomic E-state index is 0.0314. The Morgan fingerprint density at radius 2 is 1.81 bits per heavy atom. The monoisotopic (exact) mass is 519 g/mol. The first-order valence-electron chi connectivity index (χ1n) is 13.7. The molecule has 1 N–H and O–H groups in total. The molecular weight excluding hydrogens is 482 g/mol. The van der Waals surface area contributed by atoms with E-state index < -0.39 is 0 Å². The average molecular weight is 520 g/mol. The molecule has 4 heterocycles. The lowest BCUT2D eigenvalue weighted by atomic mass is 9.86. The molecule has 0 saturated carbocycles. The summed E-state index contributed by atoms with van der Waals surface area (Å²) < 4.78 is 5.85. The number of amides is 1. The number of hydrogen-bond donors (Lipinski definition) is 1. The van der Waals surface area contributed by atoms with E-state index in [2.05, 4.69) is 55.0 Å². The number of morpholine rings is 1. The van der Waals surface area contributed by atoms with Crippen molar-refractivity contribution in [2.24, 2.45) is 5.92 Å². The van der Waals surface area contributed by atoms with Crippen molar-refractivity contribution < 1.29 is 9.53 Å². The fourth-order valence-electron chi connectivity index (χ4n) is 6.28. The third-order valence-electron chi connectivity index (χ3n) is 8.24. The average Bonchev–Trinajstić information content (AvgIpc) is 3.53. The highest BCUT2D eigenvalue weighted by Crippen LogP contribution is 2.42. The van der Waals surface area contributed by atoms with Gasteiger partial charge in [-0.15, -0.1) is 11.3 Å². The van der Waals surface area contributed by atoms with Gasteiger partial charge in [-0.05, 0) is 88.6 Å². The van der Waals surface area contributed by atoms with Crippen LogP contribution in [0, 0.1) is 19.8 Å². The first kappa shape index (κ1) is 24.6. The first-order valence-corrected chi connectivity index (χ1v) is 14.5. The largest absolute Gasteiger partial charge is 0.372 e. The van der Waals surface area contributed by atoms with Crippen LogP contribution in [0.3, 0.4) is 0 Å². The van der Waals surface area contributed by atoms with Gasteiger partial charge in [0.15, 0.2) is 0 Å². The van der Waals surface area contributed by atoms with E-state index >= 15 is 0 Å². The lowest BCUT2D eigenvalue weighted by molar-refractivity contribution is -0.147. The van der Waals surface area contributed by atoms with Crippen LogP contribution >= 0.6 is 11.3 Å². The molecule has 0 radical (unpaired) electrons. The number of anilines is 3. The number of ether oxygens (including phenoxy) is 1. The van der Waals surface area contributed by atoms with Gasteiger partial charge in [-0.1, -0.05) is 0 Å². The molecule has 2 aliphatic heterocycles. The van der Waals surface area contributed by atoms with Gasteiger partial charge in [0, 0.05) is 37.0 Å². The van der Waals surface area contributed by atoms with E-state index in [4.69, 9.17) is 9.72 Å². The highest BCUT2D eigenvalue weighted by molar-refractivity contribution is 7.19. The lowest BCUT2D eigenvalue weighted by Gasteiger charge is -2.37. The Morgan fingerprint density at radius 1 is 1.08 bits per heavy atom. The third-order valence-corrected chi connectivity index (χ3v) is 9.40. The molecular formula is C29H37N5O2S. The Balaban J connectivity index is 1.29. The van der Waals surface area contributed by atoms with Crippen LogP contribution in [0.5, 0.6) is 0 Å². The van der Waals surface area contributed by atoms with Gasteiger partial charge in [0.2, 0.25) is 5.91 Å². The SMILES string of the molecule is Cc1cc(Nc2ncnc3sc4c(c23)CCC(C(=O)N2CC(C)OC(C)C2)C4)c(N2CCCC2)cc1C. The molecule has 37 heavy (non-hydrogen) atoms. The zero-order chi connectivity index (χ0) is 25.7. The number of fused-ring (bicyclic) bond motifs is 3. The van der Waals surface area contributed by atoms with Gasteiger partial charge in [-0.3, -0.25) is 4.79 Å². The van der Waals surface area contributed by atoms with Crippen molar-refractivity contribution in [1.82, 2.24) is 14.9 Å². The number of nitrogens with zero attached hydrogens (tertiary/aromatic N) is 4. The van der Waals surface area contributed by atoms with Crippen LogP contribution in [0.1, 0.15) is 54.7 Å². The molecule has 2 saturated heterocycles. The molecule has 1 aliphatic carbocycles. The fourth-order valence-corrected chi connectivity index (χ4v) is 7.55. The minimum Gasteiger partial charge on any atom is -0.372 e. The van der Waals surface area contributed by atoms with Crippen LogP contribution in [0.15, 0.2) is 18.5 Å². The zero-order valence-electron chi connectivity index (χ0n) is 22.3. The number of thiophene rings is 1. The second-order valence-electron chi connectivity index (χ2n) is 11.1. The van der Waals surface area contributed by atoms with Gasteiger partial charge in [-0.25, -0.2) is 9.97 Å². The number of carbonyl (C=O) groups excluding carboxylic acids is 1. The van der Waals surface area contributed by atoms with Crippen molar-refractivity contribution in [3.05, 3.63) is 40.0 Å². The van der Waals surface area contributed by atoms with Crippen molar-refractivity contribution in [2.75, 3.05) is 36.4 Å². The summed E-state index contributed by atoms with van der Waals surface area (Å²) >= 11 is 1.73. The Morgan fingerprint density at radius 3 is 2.57 bits per heavy atom. The molecule has 3 unspecified atom stereocenters. The maximum atomic E-state index is 13.4.